The summed E-state index contributed by atoms with van der Waals surface area (Å²) in [6.07, 6.45) is -3.56. The Bertz CT molecular complexity index is 2130. The van der Waals surface area contributed by atoms with Gasteiger partial charge in [0.2, 0.25) is 23.6 Å². The number of hydrogen-bond acceptors (Lipinski definition) is 5. The van der Waals surface area contributed by atoms with E-state index in [0.717, 1.165) is 44.9 Å². The van der Waals surface area contributed by atoms with Crippen molar-refractivity contribution < 1.29 is 42.3 Å². The van der Waals surface area contributed by atoms with E-state index in [-0.39, 0.29) is 25.8 Å². The molecule has 6 N–H and O–H groups in total. The second-order valence-corrected chi connectivity index (χ2v) is 12.9. The molecular weight excluding hydrogens is 703 g/mol. The van der Waals surface area contributed by atoms with Crippen molar-refractivity contribution in [2.45, 2.75) is 56.8 Å². The van der Waals surface area contributed by atoms with Gasteiger partial charge in [-0.1, -0.05) is 78.9 Å². The van der Waals surface area contributed by atoms with E-state index < -0.39 is 66.3 Å². The van der Waals surface area contributed by atoms with Crippen LogP contribution in [0.2, 0.25) is 0 Å². The van der Waals surface area contributed by atoms with E-state index in [9.17, 15) is 42.3 Å². The summed E-state index contributed by atoms with van der Waals surface area (Å²) >= 11 is 0. The van der Waals surface area contributed by atoms with E-state index in [2.05, 4.69) is 32.3 Å². The fourth-order valence-corrected chi connectivity index (χ4v) is 6.08. The summed E-state index contributed by atoms with van der Waals surface area (Å²) < 4.78 is 39.1. The van der Waals surface area contributed by atoms with Crippen LogP contribution in [0, 0.1) is 0 Å². The number of H-pyrrole nitrogens is 1. The number of para-hydroxylation sites is 1. The molecule has 1 heterocycles. The van der Waals surface area contributed by atoms with Gasteiger partial charge in [0.15, 0.2) is 0 Å². The molecule has 14 heteroatoms. The maximum Gasteiger partial charge on any atom is 0.416 e. The second kappa shape index (κ2) is 18.0. The molecule has 11 nitrogen and oxygen atoms in total. The molecule has 5 rings (SSSR count). The molecule has 282 valence electrons. The van der Waals surface area contributed by atoms with Gasteiger partial charge in [0.25, 0.3) is 0 Å². The monoisotopic (exact) mass is 743 g/mol. The van der Waals surface area contributed by atoms with Crippen LogP contribution < -0.4 is 21.3 Å². The highest BCUT2D eigenvalue weighted by molar-refractivity contribution is 5.93. The van der Waals surface area contributed by atoms with Gasteiger partial charge >= 0.3 is 12.1 Å². The molecular formula is C40H40F3N5O6. The number of carboxylic acids is 1. The maximum atomic E-state index is 13.5. The fraction of sp³-hybridized carbons (Fsp3) is 0.275. The minimum atomic E-state index is -4.53. The molecule has 0 aliphatic rings. The van der Waals surface area contributed by atoms with Crippen molar-refractivity contribution in [2.75, 3.05) is 13.1 Å². The summed E-state index contributed by atoms with van der Waals surface area (Å²) in [6, 6.07) is 23.7. The Labute approximate surface area is 308 Å². The molecule has 4 aromatic carbocycles. The molecule has 5 aromatic rings. The number of aliphatic carboxylic acids is 1. The fourth-order valence-electron chi connectivity index (χ4n) is 6.08. The Balaban J connectivity index is 1.15. The number of fused-ring (bicyclic) bond motifs is 2. The number of carboxylic acid groups (broad SMARTS) is 1. The Kier molecular flexibility index (Phi) is 13.0. The number of halogens is 3. The van der Waals surface area contributed by atoms with E-state index >= 15 is 0 Å². The molecule has 0 saturated carbocycles. The van der Waals surface area contributed by atoms with Crippen LogP contribution in [0.3, 0.4) is 0 Å². The largest absolute Gasteiger partial charge is 0.481 e. The van der Waals surface area contributed by atoms with Crippen molar-refractivity contribution in [1.82, 2.24) is 26.3 Å². The predicted octanol–water partition coefficient (Wildman–Crippen LogP) is 4.82. The average molecular weight is 744 g/mol. The van der Waals surface area contributed by atoms with Crippen LogP contribution in [0.1, 0.15) is 41.5 Å². The normalized spacial score (nSPS) is 12.5. The lowest BCUT2D eigenvalue weighted by molar-refractivity contribution is -0.140. The van der Waals surface area contributed by atoms with Gasteiger partial charge in [-0.3, -0.25) is 24.0 Å². The summed E-state index contributed by atoms with van der Waals surface area (Å²) in [5, 5.41) is 22.8. The molecule has 0 fully saturated rings. The average Bonchev–Trinajstić information content (AvgIpc) is 3.55. The van der Waals surface area contributed by atoms with Gasteiger partial charge in [0.05, 0.1) is 12.0 Å². The number of alkyl halides is 3. The van der Waals surface area contributed by atoms with Crippen molar-refractivity contribution in [1.29, 1.82) is 0 Å². The lowest BCUT2D eigenvalue weighted by atomic mass is 10.0. The number of aromatic nitrogens is 1. The molecule has 2 atom stereocenters. The standard InChI is InChI=1S/C40H40F3N5O6/c41-40(42,43)30-9-5-6-25(21-30)16-18-45-39(54)34(23-37(51)52)48-36(50)15-14-35(49)47-33(22-29-24-46-32-11-4-3-10-31(29)32)38(53)44-19-17-26-12-13-27-7-1-2-8-28(27)20-26/h1-13,20-21,24,33-34,46H,14-19,22-23H2,(H,44,53)(H,45,54)(H,47,49)(H,48,50)(H,51,52)/t33-,34-/m1/s1. The summed E-state index contributed by atoms with van der Waals surface area (Å²) in [6.45, 7) is 0.198. The topological polar surface area (TPSA) is 169 Å². The van der Waals surface area contributed by atoms with Crippen LogP contribution in [0.25, 0.3) is 21.7 Å². The lowest BCUT2D eigenvalue weighted by Gasteiger charge is -2.19. The van der Waals surface area contributed by atoms with Crippen molar-refractivity contribution >= 4 is 51.3 Å². The number of carbonyl (C=O) groups excluding carboxylic acids is 4. The second-order valence-electron chi connectivity index (χ2n) is 12.9. The van der Waals surface area contributed by atoms with Crippen LogP contribution in [-0.2, 0) is 49.4 Å². The predicted molar refractivity (Wildman–Crippen MR) is 196 cm³/mol. The van der Waals surface area contributed by atoms with E-state index in [1.54, 1.807) is 6.20 Å². The smallest absolute Gasteiger partial charge is 0.416 e. The number of nitrogens with one attached hydrogen (secondary N) is 5. The molecule has 0 unspecified atom stereocenters. The molecule has 0 spiro atoms. The van der Waals surface area contributed by atoms with Crippen LogP contribution >= 0.6 is 0 Å². The van der Waals surface area contributed by atoms with Gasteiger partial charge in [-0.15, -0.1) is 0 Å². The quantitative estimate of drug-likeness (QED) is 0.0798. The highest BCUT2D eigenvalue weighted by Gasteiger charge is 2.30. The number of amides is 4. The first-order valence-corrected chi connectivity index (χ1v) is 17.4. The minimum Gasteiger partial charge on any atom is -0.481 e. The van der Waals surface area contributed by atoms with Gasteiger partial charge in [0.1, 0.15) is 12.1 Å². The van der Waals surface area contributed by atoms with E-state index in [1.165, 1.54) is 12.1 Å². The van der Waals surface area contributed by atoms with Gasteiger partial charge in [-0.25, -0.2) is 0 Å². The molecule has 1 aromatic heterocycles. The third-order valence-corrected chi connectivity index (χ3v) is 8.85. The number of rotatable bonds is 17. The highest BCUT2D eigenvalue weighted by Crippen LogP contribution is 2.29. The Hall–Kier alpha value is -6.18. The molecule has 0 aliphatic heterocycles. The van der Waals surface area contributed by atoms with Crippen molar-refractivity contribution in [3.05, 3.63) is 119 Å². The van der Waals surface area contributed by atoms with Crippen molar-refractivity contribution in [3.63, 3.8) is 0 Å². The summed E-state index contributed by atoms with van der Waals surface area (Å²) in [5.74, 6) is -4.03. The summed E-state index contributed by atoms with van der Waals surface area (Å²) in [7, 11) is 0. The summed E-state index contributed by atoms with van der Waals surface area (Å²) in [4.78, 5) is 66.8. The molecule has 54 heavy (non-hydrogen) atoms. The van der Waals surface area contributed by atoms with Crippen LogP contribution in [0.4, 0.5) is 13.2 Å². The maximum absolute atomic E-state index is 13.5. The van der Waals surface area contributed by atoms with Crippen LogP contribution in [0.15, 0.2) is 97.2 Å². The minimum absolute atomic E-state index is 0.0281. The number of hydrogen-bond donors (Lipinski definition) is 6. The summed E-state index contributed by atoms with van der Waals surface area (Å²) in [5.41, 5.74) is 2.16. The van der Waals surface area contributed by atoms with Crippen LogP contribution in [0.5, 0.6) is 0 Å². The van der Waals surface area contributed by atoms with Crippen molar-refractivity contribution in [3.8, 4) is 0 Å². The van der Waals surface area contributed by atoms with Gasteiger partial charge in [-0.05, 0) is 52.4 Å². The Morgan fingerprint density at radius 1 is 0.685 bits per heavy atom. The highest BCUT2D eigenvalue weighted by atomic mass is 19.4. The first kappa shape index (κ1) is 39.0. The first-order chi connectivity index (χ1) is 25.9. The zero-order valence-electron chi connectivity index (χ0n) is 29.2. The molecule has 0 saturated heterocycles. The third-order valence-electron chi connectivity index (χ3n) is 8.85. The van der Waals surface area contributed by atoms with Crippen LogP contribution in [-0.4, -0.2) is 64.9 Å². The SMILES string of the molecule is O=C(O)C[C@@H](NC(=O)CCC(=O)N[C@H](Cc1c[nH]c2ccccc12)C(=O)NCCc1ccc2ccccc2c1)C(=O)NCCc1cccc(C(F)(F)F)c1. The molecule has 0 radical (unpaired) electrons. The van der Waals surface area contributed by atoms with Gasteiger partial charge < -0.3 is 31.4 Å². The third kappa shape index (κ3) is 11.2. The van der Waals surface area contributed by atoms with Gasteiger partial charge in [0, 0.05) is 49.5 Å². The molecule has 4 amide bonds. The zero-order valence-corrected chi connectivity index (χ0v) is 29.2. The van der Waals surface area contributed by atoms with E-state index in [1.807, 2.05) is 60.7 Å². The number of carbonyl (C=O) groups is 5. The Morgan fingerprint density at radius 3 is 1.98 bits per heavy atom. The van der Waals surface area contributed by atoms with Gasteiger partial charge in [-0.2, -0.15) is 13.2 Å². The molecule has 0 aliphatic carbocycles. The van der Waals surface area contributed by atoms with E-state index in [4.69, 9.17) is 0 Å². The number of benzene rings is 4. The van der Waals surface area contributed by atoms with E-state index in [0.29, 0.717) is 18.5 Å². The zero-order chi connectivity index (χ0) is 38.7. The Morgan fingerprint density at radius 2 is 1.30 bits per heavy atom. The first-order valence-electron chi connectivity index (χ1n) is 17.4. The number of aromatic amines is 1. The molecule has 0 bridgehead atoms. The lowest BCUT2D eigenvalue weighted by Crippen LogP contribution is -2.49. The van der Waals surface area contributed by atoms with Crippen molar-refractivity contribution in [2.24, 2.45) is 0 Å².